The quantitative estimate of drug-likeness (QED) is 0.241. The van der Waals surface area contributed by atoms with Crippen molar-refractivity contribution in [3.63, 3.8) is 0 Å². The Labute approximate surface area is 249 Å². The molecule has 0 fully saturated rings. The largest absolute Gasteiger partial charge is 0.392 e. The average molecular weight is 581 g/mol. The Morgan fingerprint density at radius 3 is 2.65 bits per heavy atom. The Balaban J connectivity index is 1.36. The van der Waals surface area contributed by atoms with Gasteiger partial charge < -0.3 is 30.3 Å². The van der Waals surface area contributed by atoms with Gasteiger partial charge in [-0.05, 0) is 61.1 Å². The summed E-state index contributed by atoms with van der Waals surface area (Å²) >= 11 is 0. The van der Waals surface area contributed by atoms with E-state index in [4.69, 9.17) is 5.41 Å². The molecule has 0 saturated heterocycles. The van der Waals surface area contributed by atoms with E-state index >= 15 is 0 Å². The van der Waals surface area contributed by atoms with Crippen molar-refractivity contribution in [2.75, 3.05) is 29.1 Å². The summed E-state index contributed by atoms with van der Waals surface area (Å²) in [5.74, 6) is 0.338. The molecule has 4 aromatic rings. The van der Waals surface area contributed by atoms with Crippen molar-refractivity contribution < 1.29 is 9.90 Å². The van der Waals surface area contributed by atoms with E-state index in [0.29, 0.717) is 58.4 Å². The summed E-state index contributed by atoms with van der Waals surface area (Å²) in [7, 11) is 3.43. The number of amides is 1. The van der Waals surface area contributed by atoms with E-state index in [2.05, 4.69) is 39.0 Å². The molecule has 43 heavy (non-hydrogen) atoms. The van der Waals surface area contributed by atoms with Crippen LogP contribution in [-0.2, 0) is 33.0 Å². The Morgan fingerprint density at radius 1 is 1.14 bits per heavy atom. The highest BCUT2D eigenvalue weighted by atomic mass is 16.3. The van der Waals surface area contributed by atoms with Crippen molar-refractivity contribution in [2.24, 2.45) is 12.5 Å². The Kier molecular flexibility index (Phi) is 6.92. The average Bonchev–Trinajstić information content (AvgIpc) is 3.47. The maximum absolute atomic E-state index is 13.8. The van der Waals surface area contributed by atoms with Gasteiger partial charge in [0.15, 0.2) is 5.82 Å². The number of hydrogen-bond acceptors (Lipinski definition) is 8. The van der Waals surface area contributed by atoms with Crippen molar-refractivity contribution in [1.82, 2.24) is 19.1 Å². The number of anilines is 4. The number of pyridine rings is 1. The summed E-state index contributed by atoms with van der Waals surface area (Å²) in [6, 6.07) is 9.19. The highest BCUT2D eigenvalue weighted by Gasteiger charge is 2.37. The van der Waals surface area contributed by atoms with Crippen molar-refractivity contribution in [3.8, 4) is 11.3 Å². The van der Waals surface area contributed by atoms with Gasteiger partial charge in [-0.1, -0.05) is 13.8 Å². The number of aliphatic hydroxyl groups excluding tert-OH is 1. The van der Waals surface area contributed by atoms with Crippen LogP contribution in [0.15, 0.2) is 47.5 Å². The molecule has 2 aliphatic rings. The van der Waals surface area contributed by atoms with Crippen LogP contribution in [0.4, 0.5) is 23.0 Å². The molecule has 3 aromatic heterocycles. The van der Waals surface area contributed by atoms with E-state index in [-0.39, 0.29) is 29.3 Å². The van der Waals surface area contributed by atoms with Gasteiger partial charge in [-0.2, -0.15) is 0 Å². The number of aryl methyl sites for hydroxylation is 1. The molecule has 0 saturated carbocycles. The van der Waals surface area contributed by atoms with Crippen molar-refractivity contribution in [3.05, 3.63) is 81.2 Å². The molecule has 0 spiro atoms. The van der Waals surface area contributed by atoms with Crippen molar-refractivity contribution in [2.45, 2.75) is 46.8 Å². The van der Waals surface area contributed by atoms with Crippen LogP contribution in [-0.4, -0.2) is 49.4 Å². The first kappa shape index (κ1) is 28.4. The normalized spacial score (nSPS) is 15.3. The minimum Gasteiger partial charge on any atom is -0.392 e. The second kappa shape index (κ2) is 10.5. The van der Waals surface area contributed by atoms with Crippen LogP contribution in [0.2, 0.25) is 0 Å². The molecular formula is C32H36N8O3. The molecule has 4 heterocycles. The number of hydrogen-bond donors (Lipinski definition) is 4. The first-order valence-electron chi connectivity index (χ1n) is 14.4. The summed E-state index contributed by atoms with van der Waals surface area (Å²) in [5, 5.41) is 24.9. The minimum atomic E-state index is -0.366. The molecule has 1 aromatic carbocycles. The first-order chi connectivity index (χ1) is 20.5. The fraction of sp³-hybridized carbons (Fsp3) is 0.344. The number of aromatic nitrogens is 4. The molecule has 11 nitrogen and oxygen atoms in total. The smallest absolute Gasteiger partial charge is 0.293 e. The van der Waals surface area contributed by atoms with Crippen LogP contribution in [0.5, 0.6) is 0 Å². The number of benzene rings is 1. The third kappa shape index (κ3) is 4.89. The molecular weight excluding hydrogens is 544 g/mol. The Morgan fingerprint density at radius 2 is 1.93 bits per heavy atom. The standard InChI is InChI=1S/C32H36N8O3/c1-18(33)22-13-20(6-7-24(22)34-4)36-28-31(43)38(5)16-25(37-28)21-8-9-35-29(23(21)17-41)40-11-10-39-26(30(40)42)12-19-14-32(2,3)15-27(19)39/h6-9,12-13,16,33-34,41H,10-11,14-15,17H2,1-5H3,(H,36,37). The van der Waals surface area contributed by atoms with Gasteiger partial charge in [0.2, 0.25) is 0 Å². The summed E-state index contributed by atoms with van der Waals surface area (Å²) in [6.45, 7) is 6.92. The van der Waals surface area contributed by atoms with Gasteiger partial charge in [-0.25, -0.2) is 9.97 Å². The van der Waals surface area contributed by atoms with Crippen LogP contribution in [0.25, 0.3) is 11.3 Å². The van der Waals surface area contributed by atoms with E-state index < -0.39 is 0 Å². The first-order valence-corrected chi connectivity index (χ1v) is 14.4. The molecule has 0 atom stereocenters. The SMILES string of the molecule is CNc1ccc(Nc2nc(-c3ccnc(N4CCn5c(cc6c5CC(C)(C)C6)C4=O)c3CO)cn(C)c2=O)cc1C(C)=N. The zero-order valence-electron chi connectivity index (χ0n) is 25.1. The van der Waals surface area contributed by atoms with Gasteiger partial charge in [-0.15, -0.1) is 0 Å². The Hall–Kier alpha value is -4.77. The lowest BCUT2D eigenvalue weighted by molar-refractivity contribution is 0.0962. The summed E-state index contributed by atoms with van der Waals surface area (Å²) < 4.78 is 3.57. The lowest BCUT2D eigenvalue weighted by atomic mass is 9.90. The summed E-state index contributed by atoms with van der Waals surface area (Å²) in [6.07, 6.45) is 5.10. The lowest BCUT2D eigenvalue weighted by Gasteiger charge is -2.30. The molecule has 6 rings (SSSR count). The summed E-state index contributed by atoms with van der Waals surface area (Å²) in [5.41, 5.74) is 6.97. The number of fused-ring (bicyclic) bond motifs is 3. The fourth-order valence-corrected chi connectivity index (χ4v) is 6.33. The molecule has 222 valence electrons. The molecule has 1 aliphatic carbocycles. The zero-order chi connectivity index (χ0) is 30.6. The molecule has 1 aliphatic heterocycles. The number of nitrogens with one attached hydrogen (secondary N) is 3. The third-order valence-electron chi connectivity index (χ3n) is 8.37. The number of aliphatic hydroxyl groups is 1. The van der Waals surface area contributed by atoms with E-state index in [9.17, 15) is 14.7 Å². The van der Waals surface area contributed by atoms with Crippen LogP contribution in [0.3, 0.4) is 0 Å². The summed E-state index contributed by atoms with van der Waals surface area (Å²) in [4.78, 5) is 37.7. The second-order valence-corrected chi connectivity index (χ2v) is 12.1. The third-order valence-corrected chi connectivity index (χ3v) is 8.37. The Bertz CT molecular complexity index is 1850. The van der Waals surface area contributed by atoms with Crippen LogP contribution >= 0.6 is 0 Å². The van der Waals surface area contributed by atoms with Crippen LogP contribution in [0, 0.1) is 10.8 Å². The molecule has 0 unspecified atom stereocenters. The van der Waals surface area contributed by atoms with Gasteiger partial charge in [0, 0.05) is 79.0 Å². The highest BCUT2D eigenvalue weighted by Crippen LogP contribution is 2.40. The maximum Gasteiger partial charge on any atom is 0.293 e. The minimum absolute atomic E-state index is 0.0948. The lowest BCUT2D eigenvalue weighted by Crippen LogP contribution is -2.41. The molecule has 0 bridgehead atoms. The van der Waals surface area contributed by atoms with Gasteiger partial charge in [0.25, 0.3) is 11.5 Å². The van der Waals surface area contributed by atoms with Gasteiger partial charge in [-0.3, -0.25) is 14.5 Å². The van der Waals surface area contributed by atoms with Gasteiger partial charge >= 0.3 is 0 Å². The van der Waals surface area contributed by atoms with E-state index in [1.807, 2.05) is 18.2 Å². The highest BCUT2D eigenvalue weighted by molar-refractivity contribution is 6.06. The van der Waals surface area contributed by atoms with Crippen LogP contribution in [0.1, 0.15) is 53.6 Å². The zero-order valence-corrected chi connectivity index (χ0v) is 25.1. The molecule has 1 amide bonds. The maximum atomic E-state index is 13.8. The van der Waals surface area contributed by atoms with Gasteiger partial charge in [0.1, 0.15) is 11.5 Å². The van der Waals surface area contributed by atoms with E-state index in [1.54, 1.807) is 50.4 Å². The molecule has 11 heteroatoms. The fourth-order valence-electron chi connectivity index (χ4n) is 6.33. The topological polar surface area (TPSA) is 141 Å². The monoisotopic (exact) mass is 580 g/mol. The molecule has 0 radical (unpaired) electrons. The molecule has 4 N–H and O–H groups in total. The van der Waals surface area contributed by atoms with Crippen LogP contribution < -0.4 is 21.1 Å². The van der Waals surface area contributed by atoms with Crippen molar-refractivity contribution in [1.29, 1.82) is 5.41 Å². The van der Waals surface area contributed by atoms with Crippen molar-refractivity contribution >= 4 is 34.6 Å². The number of nitrogens with zero attached hydrogens (tertiary/aromatic N) is 5. The number of carbonyl (C=O) groups excluding carboxylic acids is 1. The van der Waals surface area contributed by atoms with Gasteiger partial charge in [0.05, 0.1) is 12.3 Å². The predicted molar refractivity (Wildman–Crippen MR) is 168 cm³/mol. The number of carbonyl (C=O) groups is 1. The predicted octanol–water partition coefficient (Wildman–Crippen LogP) is 4.09. The van der Waals surface area contributed by atoms with E-state index in [1.165, 1.54) is 15.8 Å². The second-order valence-electron chi connectivity index (χ2n) is 12.1. The number of rotatable bonds is 7. The van der Waals surface area contributed by atoms with E-state index in [0.717, 1.165) is 18.5 Å².